The molecular weight excluding hydrogens is 562 g/mol. The molecule has 2 unspecified atom stereocenters. The Kier molecular flexibility index (Phi) is 9.15. The smallest absolute Gasteiger partial charge is 0.338 e. The van der Waals surface area contributed by atoms with Crippen LogP contribution in [-0.4, -0.2) is 59.1 Å². The second kappa shape index (κ2) is 13.0. The molecule has 1 amide bonds. The van der Waals surface area contributed by atoms with Gasteiger partial charge in [-0.15, -0.1) is 0 Å². The number of aliphatic imine (C=N–C) groups is 1. The van der Waals surface area contributed by atoms with E-state index in [9.17, 15) is 14.4 Å². The Morgan fingerprint density at radius 1 is 1.05 bits per heavy atom. The lowest BCUT2D eigenvalue weighted by molar-refractivity contribution is -0.151. The number of amides is 1. The number of hydrogen-bond acceptors (Lipinski definition) is 8. The molecule has 5 rings (SSSR count). The quantitative estimate of drug-likeness (QED) is 0.357. The number of piperidine rings is 1. The summed E-state index contributed by atoms with van der Waals surface area (Å²) in [5.41, 5.74) is 3.20. The van der Waals surface area contributed by atoms with E-state index in [4.69, 9.17) is 26.1 Å². The van der Waals surface area contributed by atoms with Crippen molar-refractivity contribution in [2.45, 2.75) is 39.2 Å². The van der Waals surface area contributed by atoms with E-state index in [0.29, 0.717) is 47.6 Å². The van der Waals surface area contributed by atoms with E-state index >= 15 is 0 Å². The fourth-order valence-corrected chi connectivity index (χ4v) is 6.52. The Labute approximate surface area is 249 Å². The Balaban J connectivity index is 1.51. The Morgan fingerprint density at radius 3 is 2.56 bits per heavy atom. The van der Waals surface area contributed by atoms with Crippen LogP contribution in [-0.2, 0) is 23.9 Å². The molecule has 3 aliphatic heterocycles. The summed E-state index contributed by atoms with van der Waals surface area (Å²) in [5.74, 6) is -1.15. The molecule has 1 fully saturated rings. The molecule has 0 aromatic heterocycles. The second-order valence-electron chi connectivity index (χ2n) is 9.91. The number of nitrogens with zero attached hydrogens (tertiary/aromatic N) is 3. The number of carbonyl (C=O) groups is 3. The molecule has 8 nitrogen and oxygen atoms in total. The summed E-state index contributed by atoms with van der Waals surface area (Å²) >= 11 is 7.85. The van der Waals surface area contributed by atoms with Crippen molar-refractivity contribution >= 4 is 52.1 Å². The van der Waals surface area contributed by atoms with Gasteiger partial charge in [0.15, 0.2) is 5.17 Å². The highest BCUT2D eigenvalue weighted by Gasteiger charge is 2.43. The molecule has 0 radical (unpaired) electrons. The summed E-state index contributed by atoms with van der Waals surface area (Å²) in [4.78, 5) is 48.2. The Morgan fingerprint density at radius 2 is 1.83 bits per heavy atom. The lowest BCUT2D eigenvalue weighted by Crippen LogP contribution is -2.44. The number of ether oxygens (including phenoxy) is 2. The summed E-state index contributed by atoms with van der Waals surface area (Å²) in [5, 5.41) is 3.10. The van der Waals surface area contributed by atoms with E-state index in [0.717, 1.165) is 23.2 Å². The molecule has 2 aromatic rings. The Hall–Kier alpha value is -3.56. The molecular formula is C31H32ClN3O5S. The number of esters is 2. The molecule has 0 N–H and O–H groups in total. The molecule has 10 heteroatoms. The first kappa shape index (κ1) is 29.0. The Bertz CT molecular complexity index is 1420. The number of likely N-dealkylation sites (tertiary alicyclic amines) is 1. The molecule has 0 saturated carbocycles. The highest BCUT2D eigenvalue weighted by molar-refractivity contribution is 8.16. The standard InChI is InChI=1S/C31H32ClN3O5S/c1-3-39-29(37)22-13-9-15-34(18-22)25(36)17-24-19-41-31-33-27(20-10-6-5-7-11-20)26(30(38)40-4-2)28(35(24)31)21-12-8-14-23(32)16-21/h5-8,10-12,14,16,19,22,28H,3-4,9,13,15,17-18H2,1-2H3. The normalized spacial score (nSPS) is 20.3. The van der Waals surface area contributed by atoms with Gasteiger partial charge in [0.25, 0.3) is 0 Å². The number of fused-ring (bicyclic) bond motifs is 1. The van der Waals surface area contributed by atoms with Crippen molar-refractivity contribution in [1.82, 2.24) is 9.80 Å². The zero-order valence-corrected chi connectivity index (χ0v) is 24.6. The van der Waals surface area contributed by atoms with E-state index < -0.39 is 12.0 Å². The molecule has 41 heavy (non-hydrogen) atoms. The maximum absolute atomic E-state index is 13.6. The highest BCUT2D eigenvalue weighted by Crippen LogP contribution is 2.47. The number of carbonyl (C=O) groups excluding carboxylic acids is 3. The van der Waals surface area contributed by atoms with Crippen molar-refractivity contribution in [1.29, 1.82) is 0 Å². The van der Waals surface area contributed by atoms with E-state index in [1.54, 1.807) is 24.8 Å². The van der Waals surface area contributed by atoms with E-state index in [2.05, 4.69) is 0 Å². The van der Waals surface area contributed by atoms with Gasteiger partial charge >= 0.3 is 11.9 Å². The predicted octanol–water partition coefficient (Wildman–Crippen LogP) is 5.81. The van der Waals surface area contributed by atoms with Crippen molar-refractivity contribution in [3.8, 4) is 0 Å². The number of benzene rings is 2. The fourth-order valence-electron chi connectivity index (χ4n) is 5.40. The van der Waals surface area contributed by atoms with Gasteiger partial charge in [-0.05, 0) is 49.8 Å². The number of amidine groups is 1. The van der Waals surface area contributed by atoms with Gasteiger partial charge in [-0.25, -0.2) is 9.79 Å². The summed E-state index contributed by atoms with van der Waals surface area (Å²) < 4.78 is 10.8. The molecule has 2 aromatic carbocycles. The van der Waals surface area contributed by atoms with Crippen molar-refractivity contribution in [2.24, 2.45) is 10.9 Å². The average molecular weight is 594 g/mol. The largest absolute Gasteiger partial charge is 0.466 e. The molecule has 214 valence electrons. The minimum atomic E-state index is -0.613. The van der Waals surface area contributed by atoms with Crippen LogP contribution < -0.4 is 0 Å². The third-order valence-corrected chi connectivity index (χ3v) is 8.37. The van der Waals surface area contributed by atoms with Crippen molar-refractivity contribution in [3.05, 3.63) is 87.4 Å². The van der Waals surface area contributed by atoms with E-state index in [1.807, 2.05) is 58.8 Å². The van der Waals surface area contributed by atoms with Crippen LogP contribution >= 0.6 is 23.4 Å². The van der Waals surface area contributed by atoms with Gasteiger partial charge in [0.05, 0.1) is 42.9 Å². The van der Waals surface area contributed by atoms with Gasteiger partial charge in [-0.2, -0.15) is 0 Å². The van der Waals surface area contributed by atoms with Crippen LogP contribution in [0.3, 0.4) is 0 Å². The molecule has 0 bridgehead atoms. The van der Waals surface area contributed by atoms with Crippen molar-refractivity contribution in [2.75, 3.05) is 26.3 Å². The molecule has 1 saturated heterocycles. The van der Waals surface area contributed by atoms with Gasteiger partial charge in [0.1, 0.15) is 0 Å². The van der Waals surface area contributed by atoms with Crippen molar-refractivity contribution < 1.29 is 23.9 Å². The number of halogens is 1. The lowest BCUT2D eigenvalue weighted by Gasteiger charge is -2.37. The van der Waals surface area contributed by atoms with Crippen LogP contribution in [0.15, 0.2) is 76.3 Å². The van der Waals surface area contributed by atoms with Gasteiger partial charge < -0.3 is 19.3 Å². The van der Waals surface area contributed by atoms with Crippen LogP contribution in [0, 0.1) is 5.92 Å². The van der Waals surface area contributed by atoms with Gasteiger partial charge in [-0.1, -0.05) is 65.8 Å². The molecule has 3 heterocycles. The maximum Gasteiger partial charge on any atom is 0.338 e. The minimum absolute atomic E-state index is 0.0903. The van der Waals surface area contributed by atoms with Crippen molar-refractivity contribution in [3.63, 3.8) is 0 Å². The third-order valence-electron chi connectivity index (χ3n) is 7.24. The lowest BCUT2D eigenvalue weighted by atomic mass is 9.91. The zero-order chi connectivity index (χ0) is 28.9. The SMILES string of the molecule is CCOC(=O)C1=C(c2ccccc2)N=C2SC=C(CC(=O)N3CCCC(C(=O)OCC)C3)N2C1c1cccc(Cl)c1. The van der Waals surface area contributed by atoms with E-state index in [-0.39, 0.29) is 30.8 Å². The fraction of sp³-hybridized carbons (Fsp3) is 0.355. The number of rotatable bonds is 8. The predicted molar refractivity (Wildman–Crippen MR) is 160 cm³/mol. The molecule has 0 spiro atoms. The average Bonchev–Trinajstić information content (AvgIpc) is 3.39. The first-order chi connectivity index (χ1) is 19.9. The van der Waals surface area contributed by atoms with Crippen LogP contribution in [0.5, 0.6) is 0 Å². The van der Waals surface area contributed by atoms with Gasteiger partial charge in [0.2, 0.25) is 5.91 Å². The summed E-state index contributed by atoms with van der Waals surface area (Å²) in [7, 11) is 0. The van der Waals surface area contributed by atoms with Crippen LogP contribution in [0.25, 0.3) is 5.70 Å². The monoisotopic (exact) mass is 593 g/mol. The summed E-state index contributed by atoms with van der Waals surface area (Å²) in [6.45, 7) is 4.99. The number of hydrogen-bond donors (Lipinski definition) is 0. The summed E-state index contributed by atoms with van der Waals surface area (Å²) in [6, 6.07) is 16.3. The topological polar surface area (TPSA) is 88.5 Å². The third kappa shape index (κ3) is 6.21. The summed E-state index contributed by atoms with van der Waals surface area (Å²) in [6.07, 6.45) is 1.53. The van der Waals surface area contributed by atoms with Crippen LogP contribution in [0.2, 0.25) is 5.02 Å². The first-order valence-corrected chi connectivity index (χ1v) is 15.1. The molecule has 0 aliphatic carbocycles. The highest BCUT2D eigenvalue weighted by atomic mass is 35.5. The van der Waals surface area contributed by atoms with Gasteiger partial charge in [-0.3, -0.25) is 9.59 Å². The second-order valence-corrected chi connectivity index (χ2v) is 11.2. The number of thioether (sulfide) groups is 1. The first-order valence-electron chi connectivity index (χ1n) is 13.8. The van der Waals surface area contributed by atoms with Crippen LogP contribution in [0.4, 0.5) is 0 Å². The molecule has 2 atom stereocenters. The van der Waals surface area contributed by atoms with Gasteiger partial charge in [0, 0.05) is 29.4 Å². The minimum Gasteiger partial charge on any atom is -0.466 e. The van der Waals surface area contributed by atoms with Crippen LogP contribution in [0.1, 0.15) is 50.3 Å². The maximum atomic E-state index is 13.6. The molecule has 3 aliphatic rings. The van der Waals surface area contributed by atoms with E-state index in [1.165, 1.54) is 11.8 Å². The zero-order valence-electron chi connectivity index (χ0n) is 23.0.